The zero-order valence-electron chi connectivity index (χ0n) is 14.1. The highest BCUT2D eigenvalue weighted by molar-refractivity contribution is 14.0. The van der Waals surface area contributed by atoms with Crippen molar-refractivity contribution >= 4 is 29.9 Å². The van der Waals surface area contributed by atoms with Gasteiger partial charge in [-0.1, -0.05) is 24.3 Å². The molecule has 0 saturated heterocycles. The molecule has 0 bridgehead atoms. The Morgan fingerprint density at radius 3 is 2.68 bits per heavy atom. The molecular weight excluding hydrogens is 431 g/mol. The minimum absolute atomic E-state index is 0. The van der Waals surface area contributed by atoms with Crippen molar-refractivity contribution in [2.45, 2.75) is 20.0 Å². The summed E-state index contributed by atoms with van der Waals surface area (Å²) in [5, 5.41) is 13.5. The van der Waals surface area contributed by atoms with Crippen LogP contribution in [0.4, 0.5) is 0 Å². The van der Waals surface area contributed by atoms with Gasteiger partial charge in [-0.2, -0.15) is 0 Å². The van der Waals surface area contributed by atoms with Gasteiger partial charge in [-0.15, -0.1) is 29.1 Å². The number of halogens is 1. The van der Waals surface area contributed by atoms with Crippen molar-refractivity contribution in [2.75, 3.05) is 7.05 Å². The minimum Gasteiger partial charge on any atom is -0.461 e. The Kier molecular flexibility index (Phi) is 6.99. The summed E-state index contributed by atoms with van der Waals surface area (Å²) < 4.78 is 5.28. The van der Waals surface area contributed by atoms with Crippen molar-refractivity contribution < 1.29 is 4.42 Å². The van der Waals surface area contributed by atoms with Crippen LogP contribution in [0.25, 0.3) is 11.6 Å². The van der Waals surface area contributed by atoms with E-state index in [-0.39, 0.29) is 24.0 Å². The number of aliphatic imine (C=N–C) groups is 1. The maximum absolute atomic E-state index is 5.28. The molecule has 0 unspecified atom stereocenters. The number of furan rings is 1. The lowest BCUT2D eigenvalue weighted by atomic mass is 10.1. The molecule has 0 radical (unpaired) electrons. The van der Waals surface area contributed by atoms with Gasteiger partial charge in [0.25, 0.3) is 0 Å². The molecule has 7 nitrogen and oxygen atoms in total. The van der Waals surface area contributed by atoms with Crippen LogP contribution in [0.3, 0.4) is 0 Å². The van der Waals surface area contributed by atoms with Crippen molar-refractivity contribution in [2.24, 2.45) is 4.99 Å². The van der Waals surface area contributed by atoms with Gasteiger partial charge in [0.1, 0.15) is 5.82 Å². The van der Waals surface area contributed by atoms with E-state index in [1.54, 1.807) is 19.4 Å². The molecule has 3 rings (SSSR count). The third-order valence-corrected chi connectivity index (χ3v) is 3.63. The Labute approximate surface area is 163 Å². The van der Waals surface area contributed by atoms with Gasteiger partial charge >= 0.3 is 0 Å². The fourth-order valence-electron chi connectivity index (χ4n) is 2.27. The Morgan fingerprint density at radius 2 is 1.96 bits per heavy atom. The summed E-state index contributed by atoms with van der Waals surface area (Å²) in [6, 6.07) is 11.9. The first kappa shape index (κ1) is 19.0. The lowest BCUT2D eigenvalue weighted by Gasteiger charge is -2.12. The Balaban J connectivity index is 0.00000225. The van der Waals surface area contributed by atoms with E-state index >= 15 is 0 Å². The molecule has 0 aliphatic heterocycles. The van der Waals surface area contributed by atoms with E-state index in [0.717, 1.165) is 0 Å². The summed E-state index contributed by atoms with van der Waals surface area (Å²) in [4.78, 5) is 8.60. The van der Waals surface area contributed by atoms with E-state index in [0.29, 0.717) is 36.5 Å². The number of nitrogens with one attached hydrogen (secondary N) is 3. The first-order valence-electron chi connectivity index (χ1n) is 7.70. The predicted octanol–water partition coefficient (Wildman–Crippen LogP) is 2.86. The molecular formula is C17H21IN6O. The molecule has 8 heteroatoms. The van der Waals surface area contributed by atoms with Crippen LogP contribution >= 0.6 is 24.0 Å². The molecule has 0 fully saturated rings. The summed E-state index contributed by atoms with van der Waals surface area (Å²) in [7, 11) is 1.74. The molecule has 1 aromatic carbocycles. The Bertz CT molecular complexity index is 812. The molecule has 25 heavy (non-hydrogen) atoms. The number of rotatable bonds is 5. The van der Waals surface area contributed by atoms with Crippen LogP contribution in [0.15, 0.2) is 52.1 Å². The Hall–Kier alpha value is -2.36. The monoisotopic (exact) mass is 452 g/mol. The summed E-state index contributed by atoms with van der Waals surface area (Å²) >= 11 is 0. The van der Waals surface area contributed by atoms with Gasteiger partial charge in [0, 0.05) is 13.6 Å². The van der Waals surface area contributed by atoms with Crippen LogP contribution in [-0.2, 0) is 13.1 Å². The topological polar surface area (TPSA) is 91.1 Å². The second-order valence-corrected chi connectivity index (χ2v) is 5.29. The van der Waals surface area contributed by atoms with E-state index in [1.807, 2.05) is 18.2 Å². The molecule has 132 valence electrons. The third-order valence-electron chi connectivity index (χ3n) is 3.63. The molecule has 3 N–H and O–H groups in total. The fraction of sp³-hybridized carbons (Fsp3) is 0.235. The fourth-order valence-corrected chi connectivity index (χ4v) is 2.27. The van der Waals surface area contributed by atoms with Crippen LogP contribution in [0.5, 0.6) is 0 Å². The maximum atomic E-state index is 5.28. The van der Waals surface area contributed by atoms with Gasteiger partial charge in [-0.3, -0.25) is 10.1 Å². The maximum Gasteiger partial charge on any atom is 0.216 e. The number of H-pyrrole nitrogens is 1. The number of guanidine groups is 1. The van der Waals surface area contributed by atoms with Gasteiger partial charge in [-0.25, -0.2) is 4.98 Å². The average Bonchev–Trinajstić information content (AvgIpc) is 3.27. The normalized spacial score (nSPS) is 11.0. The van der Waals surface area contributed by atoms with Crippen LogP contribution in [0.1, 0.15) is 17.0 Å². The van der Waals surface area contributed by atoms with Gasteiger partial charge in [0.05, 0.1) is 12.8 Å². The van der Waals surface area contributed by atoms with Crippen molar-refractivity contribution in [1.82, 2.24) is 25.8 Å². The number of aromatic nitrogens is 3. The number of hydrogen-bond acceptors (Lipinski definition) is 4. The zero-order valence-corrected chi connectivity index (χ0v) is 16.4. The summed E-state index contributed by atoms with van der Waals surface area (Å²) in [6.45, 7) is 3.29. The first-order chi connectivity index (χ1) is 11.8. The summed E-state index contributed by atoms with van der Waals surface area (Å²) in [6.07, 6.45) is 1.60. The molecule has 2 aromatic heterocycles. The number of nitrogens with zero attached hydrogens (tertiary/aromatic N) is 3. The quantitative estimate of drug-likeness (QED) is 0.315. The van der Waals surface area contributed by atoms with Crippen molar-refractivity contribution in [3.63, 3.8) is 0 Å². The van der Waals surface area contributed by atoms with Crippen LogP contribution < -0.4 is 10.6 Å². The van der Waals surface area contributed by atoms with Crippen LogP contribution in [0.2, 0.25) is 0 Å². The lowest BCUT2D eigenvalue weighted by Crippen LogP contribution is -2.36. The second-order valence-electron chi connectivity index (χ2n) is 5.29. The molecule has 0 spiro atoms. The molecule has 0 aliphatic rings. The largest absolute Gasteiger partial charge is 0.461 e. The van der Waals surface area contributed by atoms with Crippen molar-refractivity contribution in [3.8, 4) is 11.6 Å². The van der Waals surface area contributed by atoms with Gasteiger partial charge in [0.2, 0.25) is 5.82 Å². The van der Waals surface area contributed by atoms with E-state index in [2.05, 4.69) is 49.9 Å². The number of aryl methyl sites for hydroxylation is 1. The molecule has 2 heterocycles. The Morgan fingerprint density at radius 1 is 1.16 bits per heavy atom. The van der Waals surface area contributed by atoms with Gasteiger partial charge in [0.15, 0.2) is 11.7 Å². The number of aromatic amines is 1. The lowest BCUT2D eigenvalue weighted by molar-refractivity contribution is 0.577. The molecule has 0 atom stereocenters. The summed E-state index contributed by atoms with van der Waals surface area (Å²) in [5.41, 5.74) is 2.49. The molecule has 0 aliphatic carbocycles. The van der Waals surface area contributed by atoms with Gasteiger partial charge < -0.3 is 15.1 Å². The van der Waals surface area contributed by atoms with Crippen molar-refractivity contribution in [3.05, 3.63) is 59.6 Å². The number of benzene rings is 1. The summed E-state index contributed by atoms with van der Waals surface area (Å²) in [5.74, 6) is 2.59. The molecule has 0 saturated carbocycles. The smallest absolute Gasteiger partial charge is 0.216 e. The SMILES string of the molecule is CN=C(NCc1nc(-c2ccco2)n[nH]1)NCc1ccccc1C.I. The molecule has 0 amide bonds. The zero-order chi connectivity index (χ0) is 16.8. The third kappa shape index (κ3) is 5.05. The highest BCUT2D eigenvalue weighted by Crippen LogP contribution is 2.14. The standard InChI is InChI=1S/C17H20N6O.HI/c1-12-6-3-4-7-13(12)10-19-17(18-2)20-11-15-21-16(23-22-15)14-8-5-9-24-14;/h3-9H,10-11H2,1-2H3,(H2,18,19,20)(H,21,22,23);1H. The highest BCUT2D eigenvalue weighted by Gasteiger charge is 2.08. The van der Waals surface area contributed by atoms with Crippen LogP contribution in [-0.4, -0.2) is 28.2 Å². The van der Waals surface area contributed by atoms with Gasteiger partial charge in [-0.05, 0) is 30.2 Å². The van der Waals surface area contributed by atoms with E-state index < -0.39 is 0 Å². The van der Waals surface area contributed by atoms with Crippen LogP contribution in [0, 0.1) is 6.92 Å². The predicted molar refractivity (Wildman–Crippen MR) is 108 cm³/mol. The number of hydrogen-bond donors (Lipinski definition) is 3. The molecule has 3 aromatic rings. The first-order valence-corrected chi connectivity index (χ1v) is 7.70. The van der Waals surface area contributed by atoms with E-state index in [4.69, 9.17) is 4.42 Å². The average molecular weight is 452 g/mol. The minimum atomic E-state index is 0. The van der Waals surface area contributed by atoms with E-state index in [1.165, 1.54) is 11.1 Å². The highest BCUT2D eigenvalue weighted by atomic mass is 127. The van der Waals surface area contributed by atoms with E-state index in [9.17, 15) is 0 Å². The second kappa shape index (κ2) is 9.21. The van der Waals surface area contributed by atoms with Crippen molar-refractivity contribution in [1.29, 1.82) is 0 Å².